The summed E-state index contributed by atoms with van der Waals surface area (Å²) in [7, 11) is 0. The van der Waals surface area contributed by atoms with Crippen LogP contribution >= 0.6 is 0 Å². The molecule has 9 heteroatoms. The number of rotatable bonds is 5. The van der Waals surface area contributed by atoms with Gasteiger partial charge in [-0.25, -0.2) is 13.9 Å². The Morgan fingerprint density at radius 2 is 1.91 bits per heavy atom. The van der Waals surface area contributed by atoms with Gasteiger partial charge in [0, 0.05) is 39.3 Å². The molecule has 0 spiro atoms. The number of nitrogens with one attached hydrogen (secondary N) is 1. The van der Waals surface area contributed by atoms with Crippen molar-refractivity contribution in [2.75, 3.05) is 26.2 Å². The third-order valence-electron chi connectivity index (χ3n) is 6.22. The molecule has 1 N–H and O–H groups in total. The number of aromatic nitrogens is 3. The summed E-state index contributed by atoms with van der Waals surface area (Å²) in [6.07, 6.45) is -0.235. The number of benzene rings is 2. The van der Waals surface area contributed by atoms with Crippen molar-refractivity contribution in [3.05, 3.63) is 82.9 Å². The zero-order chi connectivity index (χ0) is 22.6. The van der Waals surface area contributed by atoms with Crippen LogP contribution in [0.5, 0.6) is 0 Å². The Labute approximate surface area is 191 Å². The summed E-state index contributed by atoms with van der Waals surface area (Å²) in [4.78, 5) is 16.6. The number of fused-ring (bicyclic) bond motifs is 1. The normalized spacial score (nSPS) is 18.7. The van der Waals surface area contributed by atoms with Crippen LogP contribution in [0.15, 0.2) is 54.6 Å². The minimum absolute atomic E-state index is 0.0312. The van der Waals surface area contributed by atoms with Crippen LogP contribution in [0.1, 0.15) is 28.6 Å². The fourth-order valence-electron chi connectivity index (χ4n) is 4.30. The zero-order valence-corrected chi connectivity index (χ0v) is 18.4. The smallest absolute Gasteiger partial charge is 0.317 e. The summed E-state index contributed by atoms with van der Waals surface area (Å²) in [6.45, 7) is 5.00. The van der Waals surface area contributed by atoms with Crippen LogP contribution in [0.3, 0.4) is 0 Å². The fourth-order valence-corrected chi connectivity index (χ4v) is 4.30. The van der Waals surface area contributed by atoms with Gasteiger partial charge in [0.15, 0.2) is 0 Å². The minimum Gasteiger partial charge on any atom is -0.365 e. The molecule has 2 aliphatic heterocycles. The largest absolute Gasteiger partial charge is 0.365 e. The molecule has 1 atom stereocenters. The zero-order valence-electron chi connectivity index (χ0n) is 18.4. The number of nitrogens with zero attached hydrogens (tertiary/aromatic N) is 5. The van der Waals surface area contributed by atoms with E-state index in [4.69, 9.17) is 4.74 Å². The molecule has 8 nitrogen and oxygen atoms in total. The highest BCUT2D eigenvalue weighted by Gasteiger charge is 2.27. The van der Waals surface area contributed by atoms with Crippen molar-refractivity contribution >= 4 is 6.03 Å². The average molecular weight is 451 g/mol. The molecular weight excluding hydrogens is 423 g/mol. The van der Waals surface area contributed by atoms with Gasteiger partial charge in [-0.15, -0.1) is 5.10 Å². The summed E-state index contributed by atoms with van der Waals surface area (Å²) in [5.41, 5.74) is 3.75. The lowest BCUT2D eigenvalue weighted by Crippen LogP contribution is -2.51. The molecule has 0 aliphatic carbocycles. The molecule has 172 valence electrons. The van der Waals surface area contributed by atoms with Crippen LogP contribution in [-0.2, 0) is 31.0 Å². The first kappa shape index (κ1) is 21.5. The molecule has 0 saturated carbocycles. The quantitative estimate of drug-likeness (QED) is 0.647. The molecule has 33 heavy (non-hydrogen) atoms. The highest BCUT2D eigenvalue weighted by atomic mass is 19.1. The predicted octanol–water partition coefficient (Wildman–Crippen LogP) is 2.72. The van der Waals surface area contributed by atoms with E-state index < -0.39 is 0 Å². The average Bonchev–Trinajstić information content (AvgIpc) is 3.25. The van der Waals surface area contributed by atoms with Crippen LogP contribution < -0.4 is 5.32 Å². The number of carbonyl (C=O) groups excluding carboxylic acids is 1. The van der Waals surface area contributed by atoms with E-state index in [1.54, 1.807) is 6.07 Å². The Hall–Kier alpha value is -3.30. The summed E-state index contributed by atoms with van der Waals surface area (Å²) >= 11 is 0. The maximum absolute atomic E-state index is 13.6. The number of hydrogen-bond acceptors (Lipinski definition) is 5. The molecule has 1 aromatic heterocycles. The summed E-state index contributed by atoms with van der Waals surface area (Å²) in [5.74, 6) is -0.269. The molecule has 0 unspecified atom stereocenters. The van der Waals surface area contributed by atoms with Crippen LogP contribution in [0.25, 0.3) is 0 Å². The lowest BCUT2D eigenvalue weighted by molar-refractivity contribution is -0.00234. The Bertz CT molecular complexity index is 1100. The van der Waals surface area contributed by atoms with Gasteiger partial charge in [-0.3, -0.25) is 4.90 Å². The second-order valence-electron chi connectivity index (χ2n) is 8.43. The van der Waals surface area contributed by atoms with Gasteiger partial charge in [-0.2, -0.15) is 0 Å². The van der Waals surface area contributed by atoms with Gasteiger partial charge in [0.1, 0.15) is 17.6 Å². The van der Waals surface area contributed by atoms with Gasteiger partial charge in [-0.1, -0.05) is 47.7 Å². The number of piperazine rings is 1. The molecule has 2 aliphatic rings. The maximum Gasteiger partial charge on any atom is 0.317 e. The maximum atomic E-state index is 13.6. The van der Waals surface area contributed by atoms with E-state index in [2.05, 4.69) is 20.5 Å². The molecule has 2 aromatic carbocycles. The molecule has 0 bridgehead atoms. The molecule has 1 saturated heterocycles. The molecule has 3 aromatic rings. The van der Waals surface area contributed by atoms with E-state index in [0.29, 0.717) is 39.3 Å². The first-order valence-corrected chi connectivity index (χ1v) is 11.2. The van der Waals surface area contributed by atoms with Gasteiger partial charge in [0.25, 0.3) is 0 Å². The van der Waals surface area contributed by atoms with Gasteiger partial charge < -0.3 is 15.0 Å². The summed E-state index contributed by atoms with van der Waals surface area (Å²) < 4.78 is 21.4. The van der Waals surface area contributed by atoms with Crippen LogP contribution in [0, 0.1) is 5.82 Å². The van der Waals surface area contributed by atoms with Crippen molar-refractivity contribution in [1.29, 1.82) is 0 Å². The van der Waals surface area contributed by atoms with Gasteiger partial charge in [-0.05, 0) is 23.3 Å². The van der Waals surface area contributed by atoms with E-state index in [-0.39, 0.29) is 18.0 Å². The van der Waals surface area contributed by atoms with Crippen molar-refractivity contribution in [1.82, 2.24) is 30.1 Å². The third-order valence-corrected chi connectivity index (χ3v) is 6.22. The van der Waals surface area contributed by atoms with E-state index >= 15 is 0 Å². The Morgan fingerprint density at radius 1 is 1.09 bits per heavy atom. The lowest BCUT2D eigenvalue weighted by atomic mass is 10.1. The second-order valence-corrected chi connectivity index (χ2v) is 8.43. The first-order valence-electron chi connectivity index (χ1n) is 11.2. The van der Waals surface area contributed by atoms with Crippen LogP contribution in [0.4, 0.5) is 9.18 Å². The molecule has 1 fully saturated rings. The minimum atomic E-state index is -0.269. The molecule has 3 heterocycles. The SMILES string of the molecule is O=C(NCc1ccccc1)N1CCN(Cc2nnn3c2CO[C@H](c2cccc(F)c2)C3)CC1. The second kappa shape index (κ2) is 9.68. The van der Waals surface area contributed by atoms with E-state index in [1.165, 1.54) is 12.1 Å². The molecule has 5 rings (SSSR count). The van der Waals surface area contributed by atoms with Crippen molar-refractivity contribution in [3.63, 3.8) is 0 Å². The highest BCUT2D eigenvalue weighted by Crippen LogP contribution is 2.27. The van der Waals surface area contributed by atoms with Gasteiger partial charge in [0.2, 0.25) is 0 Å². The van der Waals surface area contributed by atoms with E-state index in [9.17, 15) is 9.18 Å². The molecular formula is C24H27FN6O2. The summed E-state index contributed by atoms with van der Waals surface area (Å²) in [6, 6.07) is 16.4. The number of amides is 2. The fraction of sp³-hybridized carbons (Fsp3) is 0.375. The number of halogens is 1. The van der Waals surface area contributed by atoms with Crippen molar-refractivity contribution in [3.8, 4) is 0 Å². The Kier molecular flexibility index (Phi) is 6.32. The predicted molar refractivity (Wildman–Crippen MR) is 119 cm³/mol. The van der Waals surface area contributed by atoms with Crippen LogP contribution in [0.2, 0.25) is 0 Å². The Morgan fingerprint density at radius 3 is 2.70 bits per heavy atom. The molecule has 2 amide bonds. The first-order chi connectivity index (χ1) is 16.2. The van der Waals surface area contributed by atoms with Gasteiger partial charge >= 0.3 is 6.03 Å². The topological polar surface area (TPSA) is 75.5 Å². The number of carbonyl (C=O) groups is 1. The van der Waals surface area contributed by atoms with Gasteiger partial charge in [0.05, 0.1) is 18.8 Å². The highest BCUT2D eigenvalue weighted by molar-refractivity contribution is 5.74. The monoisotopic (exact) mass is 450 g/mol. The molecule has 0 radical (unpaired) electrons. The number of ether oxygens (including phenoxy) is 1. The Balaban J connectivity index is 1.12. The van der Waals surface area contributed by atoms with Crippen molar-refractivity contribution in [2.45, 2.75) is 32.3 Å². The van der Waals surface area contributed by atoms with E-state index in [0.717, 1.165) is 35.6 Å². The number of hydrogen-bond donors (Lipinski definition) is 1. The van der Waals surface area contributed by atoms with E-state index in [1.807, 2.05) is 46.0 Å². The number of urea groups is 1. The standard InChI is InChI=1S/C24H27FN6O2/c25-20-8-4-7-19(13-20)23-16-31-22(17-33-23)21(27-28-31)15-29-9-11-30(12-10-29)24(32)26-14-18-5-2-1-3-6-18/h1-8,13,23H,9-12,14-17H2,(H,26,32)/t23-/m0/s1. The van der Waals surface area contributed by atoms with Crippen molar-refractivity contribution < 1.29 is 13.9 Å². The van der Waals surface area contributed by atoms with Crippen molar-refractivity contribution in [2.24, 2.45) is 0 Å². The van der Waals surface area contributed by atoms with Crippen LogP contribution in [-0.4, -0.2) is 57.0 Å². The lowest BCUT2D eigenvalue weighted by Gasteiger charge is -2.34. The summed E-state index contributed by atoms with van der Waals surface area (Å²) in [5, 5.41) is 11.7. The third kappa shape index (κ3) is 5.04.